The molecule has 1 aliphatic heterocycles. The second-order valence-electron chi connectivity index (χ2n) is 6.96. The predicted molar refractivity (Wildman–Crippen MR) is 90.5 cm³/mol. The smallest absolute Gasteiger partial charge is 0.326 e. The second kappa shape index (κ2) is 6.71. The van der Waals surface area contributed by atoms with Gasteiger partial charge in [-0.05, 0) is 57.9 Å². The summed E-state index contributed by atoms with van der Waals surface area (Å²) in [6.45, 7) is 10.1. The first-order valence-corrected chi connectivity index (χ1v) is 8.07. The third kappa shape index (κ3) is 4.32. The van der Waals surface area contributed by atoms with Crippen LogP contribution in [0.4, 0.5) is 5.69 Å². The summed E-state index contributed by atoms with van der Waals surface area (Å²) in [5.41, 5.74) is 2.39. The van der Waals surface area contributed by atoms with E-state index in [1.165, 1.54) is 0 Å². The third-order valence-electron chi connectivity index (χ3n) is 3.68. The van der Waals surface area contributed by atoms with Crippen LogP contribution in [0.15, 0.2) is 18.2 Å². The monoisotopic (exact) mass is 318 g/mol. The number of likely N-dealkylation sites (N-methyl/N-ethyl adjacent to an activating group) is 1. The Morgan fingerprint density at radius 3 is 2.70 bits per heavy atom. The molecule has 23 heavy (non-hydrogen) atoms. The van der Waals surface area contributed by atoms with Gasteiger partial charge in [0.2, 0.25) is 5.91 Å². The lowest BCUT2D eigenvalue weighted by Crippen LogP contribution is -2.53. The molecule has 126 valence electrons. The molecule has 0 saturated heterocycles. The molecule has 1 amide bonds. The number of amides is 1. The van der Waals surface area contributed by atoms with Crippen molar-refractivity contribution in [1.29, 1.82) is 0 Å². The first-order valence-electron chi connectivity index (χ1n) is 8.07. The van der Waals surface area contributed by atoms with E-state index < -0.39 is 11.6 Å². The Morgan fingerprint density at radius 2 is 2.09 bits per heavy atom. The summed E-state index contributed by atoms with van der Waals surface area (Å²) in [6.07, 6.45) is 0.646. The average Bonchev–Trinajstić information content (AvgIpc) is 2.42. The minimum Gasteiger partial charge on any atom is -0.459 e. The molecule has 1 atom stereocenters. The molecule has 0 fully saturated rings. The van der Waals surface area contributed by atoms with Crippen molar-refractivity contribution in [3.05, 3.63) is 29.3 Å². The van der Waals surface area contributed by atoms with Crippen molar-refractivity contribution in [2.75, 3.05) is 18.0 Å². The lowest BCUT2D eigenvalue weighted by Gasteiger charge is -2.34. The summed E-state index contributed by atoms with van der Waals surface area (Å²) in [5, 5.41) is 3.20. The van der Waals surface area contributed by atoms with Crippen LogP contribution in [0.5, 0.6) is 0 Å². The maximum Gasteiger partial charge on any atom is 0.326 e. The van der Waals surface area contributed by atoms with E-state index in [9.17, 15) is 9.59 Å². The van der Waals surface area contributed by atoms with Gasteiger partial charge >= 0.3 is 5.97 Å². The number of hydrogen-bond acceptors (Lipinski definition) is 4. The standard InChI is InChI=1S/C18H26N2O3/c1-6-19-14-10-13-8-7-12(2)9-15(13)20(17(14)22)11-16(21)23-18(3,4)5/h7-9,14,19H,6,10-11H2,1-5H3/t14-/m0/s1. The Hall–Kier alpha value is -1.88. The zero-order valence-corrected chi connectivity index (χ0v) is 14.6. The van der Waals surface area contributed by atoms with Gasteiger partial charge in [0.15, 0.2) is 0 Å². The second-order valence-corrected chi connectivity index (χ2v) is 6.96. The van der Waals surface area contributed by atoms with E-state index in [2.05, 4.69) is 5.32 Å². The summed E-state index contributed by atoms with van der Waals surface area (Å²) in [6, 6.07) is 5.73. The van der Waals surface area contributed by atoms with Crippen molar-refractivity contribution in [2.45, 2.75) is 52.7 Å². The summed E-state index contributed by atoms with van der Waals surface area (Å²) >= 11 is 0. The number of nitrogens with one attached hydrogen (secondary N) is 1. The molecule has 1 aromatic carbocycles. The van der Waals surface area contributed by atoms with Crippen LogP contribution in [0.3, 0.4) is 0 Å². The van der Waals surface area contributed by atoms with Crippen molar-refractivity contribution in [1.82, 2.24) is 5.32 Å². The minimum atomic E-state index is -0.563. The Balaban J connectivity index is 2.29. The number of fused-ring (bicyclic) bond motifs is 1. The van der Waals surface area contributed by atoms with Gasteiger partial charge in [0.1, 0.15) is 12.1 Å². The van der Waals surface area contributed by atoms with Gasteiger partial charge in [-0.3, -0.25) is 14.5 Å². The van der Waals surface area contributed by atoms with Crippen LogP contribution in [0.25, 0.3) is 0 Å². The van der Waals surface area contributed by atoms with E-state index in [-0.39, 0.29) is 18.5 Å². The van der Waals surface area contributed by atoms with Crippen LogP contribution >= 0.6 is 0 Å². The number of aryl methyl sites for hydroxylation is 1. The van der Waals surface area contributed by atoms with Gasteiger partial charge in [0.25, 0.3) is 0 Å². The summed E-state index contributed by atoms with van der Waals surface area (Å²) in [4.78, 5) is 26.5. The zero-order valence-electron chi connectivity index (χ0n) is 14.6. The van der Waals surface area contributed by atoms with E-state index in [0.29, 0.717) is 13.0 Å². The van der Waals surface area contributed by atoms with Crippen LogP contribution in [-0.4, -0.2) is 36.6 Å². The van der Waals surface area contributed by atoms with Crippen molar-refractivity contribution in [2.24, 2.45) is 0 Å². The third-order valence-corrected chi connectivity index (χ3v) is 3.68. The number of ether oxygens (including phenoxy) is 1. The quantitative estimate of drug-likeness (QED) is 0.865. The molecule has 0 bridgehead atoms. The van der Waals surface area contributed by atoms with Gasteiger partial charge in [-0.2, -0.15) is 0 Å². The maximum atomic E-state index is 12.7. The first kappa shape index (κ1) is 17.5. The molecule has 0 aliphatic carbocycles. The number of nitrogens with zero attached hydrogens (tertiary/aromatic N) is 1. The predicted octanol–water partition coefficient (Wildman–Crippen LogP) is 2.20. The fraction of sp³-hybridized carbons (Fsp3) is 0.556. The molecule has 0 unspecified atom stereocenters. The largest absolute Gasteiger partial charge is 0.459 e. The number of rotatable bonds is 4. The van der Waals surface area contributed by atoms with Crippen molar-refractivity contribution >= 4 is 17.6 Å². The molecule has 1 aliphatic rings. The summed E-state index contributed by atoms with van der Waals surface area (Å²) < 4.78 is 5.38. The molecule has 5 nitrogen and oxygen atoms in total. The Morgan fingerprint density at radius 1 is 1.39 bits per heavy atom. The lowest BCUT2D eigenvalue weighted by molar-refractivity contribution is -0.153. The topological polar surface area (TPSA) is 58.6 Å². The molecule has 0 aromatic heterocycles. The molecule has 0 spiro atoms. The highest BCUT2D eigenvalue weighted by Gasteiger charge is 2.34. The van der Waals surface area contributed by atoms with Gasteiger partial charge in [0, 0.05) is 5.69 Å². The van der Waals surface area contributed by atoms with Gasteiger partial charge in [-0.15, -0.1) is 0 Å². The molecule has 0 radical (unpaired) electrons. The van der Waals surface area contributed by atoms with Gasteiger partial charge in [0.05, 0.1) is 6.04 Å². The molecular weight excluding hydrogens is 292 g/mol. The maximum absolute atomic E-state index is 12.7. The number of carbonyl (C=O) groups excluding carboxylic acids is 2. The van der Waals surface area contributed by atoms with Crippen LogP contribution in [0.1, 0.15) is 38.8 Å². The molecule has 1 aromatic rings. The number of carbonyl (C=O) groups is 2. The van der Waals surface area contributed by atoms with E-state index in [1.807, 2.05) is 52.8 Å². The number of esters is 1. The van der Waals surface area contributed by atoms with Crippen LogP contribution < -0.4 is 10.2 Å². The molecule has 0 saturated carbocycles. The number of benzene rings is 1. The van der Waals surface area contributed by atoms with E-state index >= 15 is 0 Å². The molecular formula is C18H26N2O3. The van der Waals surface area contributed by atoms with Gasteiger partial charge < -0.3 is 10.1 Å². The Bertz CT molecular complexity index is 605. The fourth-order valence-electron chi connectivity index (χ4n) is 2.78. The highest BCUT2D eigenvalue weighted by Crippen LogP contribution is 2.29. The fourth-order valence-corrected chi connectivity index (χ4v) is 2.78. The van der Waals surface area contributed by atoms with E-state index in [4.69, 9.17) is 4.74 Å². The van der Waals surface area contributed by atoms with E-state index in [1.54, 1.807) is 4.90 Å². The van der Waals surface area contributed by atoms with Gasteiger partial charge in [-0.25, -0.2) is 0 Å². The van der Waals surface area contributed by atoms with Crippen LogP contribution in [0.2, 0.25) is 0 Å². The van der Waals surface area contributed by atoms with E-state index in [0.717, 1.165) is 16.8 Å². The Kier molecular flexibility index (Phi) is 5.09. The van der Waals surface area contributed by atoms with Crippen LogP contribution in [-0.2, 0) is 20.7 Å². The Labute approximate surface area is 138 Å². The molecule has 2 rings (SSSR count). The SMILES string of the molecule is CCN[C@H]1Cc2ccc(C)cc2N(CC(=O)OC(C)(C)C)C1=O. The number of anilines is 1. The highest BCUT2D eigenvalue weighted by molar-refractivity contribution is 6.03. The normalized spacial score (nSPS) is 17.9. The first-order chi connectivity index (χ1) is 10.7. The van der Waals surface area contributed by atoms with Gasteiger partial charge in [-0.1, -0.05) is 19.1 Å². The highest BCUT2D eigenvalue weighted by atomic mass is 16.6. The van der Waals surface area contributed by atoms with Crippen molar-refractivity contribution < 1.29 is 14.3 Å². The van der Waals surface area contributed by atoms with Crippen molar-refractivity contribution in [3.8, 4) is 0 Å². The molecule has 1 heterocycles. The van der Waals surface area contributed by atoms with Crippen molar-refractivity contribution in [3.63, 3.8) is 0 Å². The molecule has 5 heteroatoms. The summed E-state index contributed by atoms with van der Waals surface area (Å²) in [5.74, 6) is -0.466. The average molecular weight is 318 g/mol. The number of hydrogen-bond donors (Lipinski definition) is 1. The van der Waals surface area contributed by atoms with Crippen LogP contribution in [0, 0.1) is 6.92 Å². The lowest BCUT2D eigenvalue weighted by atomic mass is 9.95. The minimum absolute atomic E-state index is 0.0611. The summed E-state index contributed by atoms with van der Waals surface area (Å²) in [7, 11) is 0. The molecule has 1 N–H and O–H groups in total. The zero-order chi connectivity index (χ0) is 17.2.